The molecule has 1 unspecified atom stereocenters. The second-order valence-electron chi connectivity index (χ2n) is 6.13. The minimum Gasteiger partial charge on any atom is -0.391 e. The Morgan fingerprint density at radius 1 is 1.15 bits per heavy atom. The van der Waals surface area contributed by atoms with Crippen molar-refractivity contribution in [3.8, 4) is 0 Å². The zero-order chi connectivity index (χ0) is 19.3. The third-order valence-corrected chi connectivity index (χ3v) is 5.46. The van der Waals surface area contributed by atoms with Crippen LogP contribution in [0.15, 0.2) is 53.4 Å². The van der Waals surface area contributed by atoms with Gasteiger partial charge in [0.15, 0.2) is 0 Å². The lowest BCUT2D eigenvalue weighted by molar-refractivity contribution is 0.0871. The molecule has 0 aliphatic heterocycles. The molecule has 0 saturated carbocycles. The number of carbonyl (C=O) groups excluding carboxylic acids is 1. The lowest BCUT2D eigenvalue weighted by atomic mass is 10.1. The highest BCUT2D eigenvalue weighted by Gasteiger charge is 2.18. The van der Waals surface area contributed by atoms with Crippen LogP contribution in [0, 0.1) is 5.92 Å². The van der Waals surface area contributed by atoms with Gasteiger partial charge in [0, 0.05) is 12.1 Å². The van der Waals surface area contributed by atoms with E-state index >= 15 is 0 Å². The van der Waals surface area contributed by atoms with Gasteiger partial charge in [0.25, 0.3) is 15.9 Å². The number of carbonyl (C=O) groups is 1. The number of aliphatic hydroxyl groups is 1. The number of halogens is 1. The van der Waals surface area contributed by atoms with Gasteiger partial charge in [0.2, 0.25) is 0 Å². The van der Waals surface area contributed by atoms with Crippen molar-refractivity contribution in [2.45, 2.75) is 24.8 Å². The van der Waals surface area contributed by atoms with Gasteiger partial charge in [-0.1, -0.05) is 43.6 Å². The average molecular weight is 397 g/mol. The molecule has 2 rings (SSSR count). The summed E-state index contributed by atoms with van der Waals surface area (Å²) in [6, 6.07) is 12.1. The smallest absolute Gasteiger partial charge is 0.261 e. The van der Waals surface area contributed by atoms with Crippen molar-refractivity contribution in [3.05, 3.63) is 59.1 Å². The molecular formula is C18H21ClN2O4S. The van der Waals surface area contributed by atoms with E-state index in [4.69, 9.17) is 11.6 Å². The fraction of sp³-hybridized carbons (Fsp3) is 0.278. The topological polar surface area (TPSA) is 95.5 Å². The van der Waals surface area contributed by atoms with Crippen LogP contribution in [0.3, 0.4) is 0 Å². The lowest BCUT2D eigenvalue weighted by Crippen LogP contribution is -2.34. The van der Waals surface area contributed by atoms with E-state index in [1.165, 1.54) is 24.3 Å². The molecule has 0 spiro atoms. The standard InChI is InChI=1S/C18H21ClN2O4S/c1-12(2)17(22)11-20-18(23)13-6-5-7-14(10-13)26(24,25)21-16-9-4-3-8-15(16)19/h3-10,12,17,21-22H,11H2,1-2H3,(H,20,23). The zero-order valence-corrected chi connectivity index (χ0v) is 16.0. The molecule has 0 aromatic heterocycles. The summed E-state index contributed by atoms with van der Waals surface area (Å²) >= 11 is 5.98. The summed E-state index contributed by atoms with van der Waals surface area (Å²) in [7, 11) is -3.90. The summed E-state index contributed by atoms with van der Waals surface area (Å²) in [5.41, 5.74) is 0.437. The van der Waals surface area contributed by atoms with Gasteiger partial charge in [0.1, 0.15) is 0 Å². The van der Waals surface area contributed by atoms with E-state index < -0.39 is 22.0 Å². The number of hydrogen-bond acceptors (Lipinski definition) is 4. The minimum absolute atomic E-state index is 0.00170. The van der Waals surface area contributed by atoms with Gasteiger partial charge in [-0.05, 0) is 36.2 Å². The number of aliphatic hydroxyl groups excluding tert-OH is 1. The Morgan fingerprint density at radius 3 is 2.50 bits per heavy atom. The monoisotopic (exact) mass is 396 g/mol. The van der Waals surface area contributed by atoms with E-state index in [9.17, 15) is 18.3 Å². The molecule has 0 radical (unpaired) electrons. The number of nitrogens with one attached hydrogen (secondary N) is 2. The Labute approximate surface area is 158 Å². The summed E-state index contributed by atoms with van der Waals surface area (Å²) in [5, 5.41) is 12.6. The van der Waals surface area contributed by atoms with Crippen LogP contribution in [0.1, 0.15) is 24.2 Å². The van der Waals surface area contributed by atoms with Crippen LogP contribution in [-0.4, -0.2) is 32.1 Å². The number of amides is 1. The van der Waals surface area contributed by atoms with Gasteiger partial charge in [-0.15, -0.1) is 0 Å². The summed E-state index contributed by atoms with van der Waals surface area (Å²) in [4.78, 5) is 12.1. The average Bonchev–Trinajstić information content (AvgIpc) is 2.61. The molecule has 140 valence electrons. The molecule has 3 N–H and O–H groups in total. The SMILES string of the molecule is CC(C)C(O)CNC(=O)c1cccc(S(=O)(=O)Nc2ccccc2Cl)c1. The van der Waals surface area contributed by atoms with E-state index in [0.29, 0.717) is 0 Å². The molecule has 26 heavy (non-hydrogen) atoms. The van der Waals surface area contributed by atoms with Gasteiger partial charge >= 0.3 is 0 Å². The van der Waals surface area contributed by atoms with Gasteiger partial charge in [-0.2, -0.15) is 0 Å². The zero-order valence-electron chi connectivity index (χ0n) is 14.4. The Hall–Kier alpha value is -2.09. The summed E-state index contributed by atoms with van der Waals surface area (Å²) in [6.07, 6.45) is -0.673. The molecule has 0 bridgehead atoms. The molecule has 0 heterocycles. The number of anilines is 1. The Kier molecular flexibility index (Phi) is 6.63. The van der Waals surface area contributed by atoms with Crippen LogP contribution < -0.4 is 10.0 Å². The normalized spacial score (nSPS) is 12.7. The fourth-order valence-corrected chi connectivity index (χ4v) is 3.45. The van der Waals surface area contributed by atoms with Gasteiger partial charge < -0.3 is 10.4 Å². The van der Waals surface area contributed by atoms with Crippen LogP contribution in [0.5, 0.6) is 0 Å². The van der Waals surface area contributed by atoms with E-state index in [2.05, 4.69) is 10.0 Å². The number of rotatable bonds is 7. The van der Waals surface area contributed by atoms with Crippen LogP contribution >= 0.6 is 11.6 Å². The van der Waals surface area contributed by atoms with Crippen molar-refractivity contribution >= 4 is 33.2 Å². The van der Waals surface area contributed by atoms with E-state index in [1.54, 1.807) is 24.3 Å². The molecule has 0 aliphatic carbocycles. The Bertz CT molecular complexity index is 884. The van der Waals surface area contributed by atoms with Crippen LogP contribution in [0.25, 0.3) is 0 Å². The van der Waals surface area contributed by atoms with Gasteiger partial charge in [0.05, 0.1) is 21.7 Å². The Morgan fingerprint density at radius 2 is 1.85 bits per heavy atom. The molecular weight excluding hydrogens is 376 g/mol. The van der Waals surface area contributed by atoms with Crippen molar-refractivity contribution in [1.29, 1.82) is 0 Å². The first-order valence-electron chi connectivity index (χ1n) is 8.04. The summed E-state index contributed by atoms with van der Waals surface area (Å²) in [6.45, 7) is 3.76. The minimum atomic E-state index is -3.90. The maximum absolute atomic E-state index is 12.5. The predicted molar refractivity (Wildman–Crippen MR) is 102 cm³/mol. The number of sulfonamides is 1. The molecule has 1 amide bonds. The van der Waals surface area contributed by atoms with Crippen LogP contribution in [-0.2, 0) is 10.0 Å². The maximum Gasteiger partial charge on any atom is 0.261 e. The largest absolute Gasteiger partial charge is 0.391 e. The fourth-order valence-electron chi connectivity index (χ4n) is 2.09. The van der Waals surface area contributed by atoms with E-state index in [-0.39, 0.29) is 33.6 Å². The molecule has 2 aromatic rings. The first-order valence-corrected chi connectivity index (χ1v) is 9.90. The third kappa shape index (κ3) is 5.20. The number of benzene rings is 2. The van der Waals surface area contributed by atoms with Crippen molar-refractivity contribution in [1.82, 2.24) is 5.32 Å². The quantitative estimate of drug-likeness (QED) is 0.670. The van der Waals surface area contributed by atoms with E-state index in [1.807, 2.05) is 13.8 Å². The van der Waals surface area contributed by atoms with Crippen LogP contribution in [0.4, 0.5) is 5.69 Å². The first kappa shape index (κ1) is 20.2. The van der Waals surface area contributed by atoms with Crippen LogP contribution in [0.2, 0.25) is 5.02 Å². The predicted octanol–water partition coefficient (Wildman–Crippen LogP) is 2.89. The number of para-hydroxylation sites is 1. The highest BCUT2D eigenvalue weighted by molar-refractivity contribution is 7.92. The van der Waals surface area contributed by atoms with Crippen molar-refractivity contribution < 1.29 is 18.3 Å². The second kappa shape index (κ2) is 8.53. The number of hydrogen-bond donors (Lipinski definition) is 3. The Balaban J connectivity index is 2.17. The maximum atomic E-state index is 12.5. The van der Waals surface area contributed by atoms with Gasteiger partial charge in [-0.3, -0.25) is 9.52 Å². The van der Waals surface area contributed by atoms with Crippen molar-refractivity contribution in [2.75, 3.05) is 11.3 Å². The van der Waals surface area contributed by atoms with E-state index in [0.717, 1.165) is 0 Å². The summed E-state index contributed by atoms with van der Waals surface area (Å²) in [5.74, 6) is -0.457. The highest BCUT2D eigenvalue weighted by atomic mass is 35.5. The van der Waals surface area contributed by atoms with Crippen molar-refractivity contribution in [3.63, 3.8) is 0 Å². The highest BCUT2D eigenvalue weighted by Crippen LogP contribution is 2.24. The first-order chi connectivity index (χ1) is 12.2. The molecule has 0 fully saturated rings. The third-order valence-electron chi connectivity index (χ3n) is 3.77. The summed E-state index contributed by atoms with van der Waals surface area (Å²) < 4.78 is 27.5. The molecule has 6 nitrogen and oxygen atoms in total. The molecule has 0 aliphatic rings. The molecule has 8 heteroatoms. The van der Waals surface area contributed by atoms with Gasteiger partial charge in [-0.25, -0.2) is 8.42 Å². The molecule has 0 saturated heterocycles. The lowest BCUT2D eigenvalue weighted by Gasteiger charge is -2.15. The molecule has 2 aromatic carbocycles. The molecule has 1 atom stereocenters. The van der Waals surface area contributed by atoms with Crippen molar-refractivity contribution in [2.24, 2.45) is 5.92 Å². The second-order valence-corrected chi connectivity index (χ2v) is 8.22.